The molecule has 2 amide bonds. The molecule has 0 atom stereocenters. The number of allylic oxidation sites excluding steroid dienone is 3. The van der Waals surface area contributed by atoms with Crippen molar-refractivity contribution in [1.82, 2.24) is 24.5 Å². The number of hydrogen-bond donors (Lipinski definition) is 0. The fourth-order valence-electron chi connectivity index (χ4n) is 7.93. The second-order valence-electron chi connectivity index (χ2n) is 18.5. The quantitative estimate of drug-likeness (QED) is 0.0450. The molecule has 0 saturated heterocycles. The molecule has 0 aliphatic heterocycles. The highest BCUT2D eigenvalue weighted by Crippen LogP contribution is 2.12. The molecule has 0 aliphatic carbocycles. The molecule has 0 saturated carbocycles. The van der Waals surface area contributed by atoms with Crippen LogP contribution >= 0.6 is 0 Å². The van der Waals surface area contributed by atoms with E-state index in [1.165, 1.54) is 161 Å². The van der Waals surface area contributed by atoms with E-state index in [2.05, 4.69) is 85.8 Å². The van der Waals surface area contributed by atoms with Crippen LogP contribution in [0.5, 0.6) is 0 Å². The average Bonchev–Trinajstić information content (AvgIpc) is 3.27. The van der Waals surface area contributed by atoms with E-state index >= 15 is 0 Å². The van der Waals surface area contributed by atoms with Crippen molar-refractivity contribution in [3.8, 4) is 0 Å². The molecule has 0 fully saturated rings. The van der Waals surface area contributed by atoms with E-state index in [1.54, 1.807) is 0 Å². The highest BCUT2D eigenvalue weighted by molar-refractivity contribution is 5.79. The third-order valence-electron chi connectivity index (χ3n) is 12.5. The van der Waals surface area contributed by atoms with Gasteiger partial charge in [-0.25, -0.2) is 0 Å². The summed E-state index contributed by atoms with van der Waals surface area (Å²) in [7, 11) is 3.85. The molecule has 62 heavy (non-hydrogen) atoms. The summed E-state index contributed by atoms with van der Waals surface area (Å²) < 4.78 is 0. The van der Waals surface area contributed by atoms with E-state index in [0.717, 1.165) is 71.5 Å². The number of hydrogen-bond acceptors (Lipinski definition) is 5. The SMILES string of the molecule is CCCCC/C=C\CCN(CC/C=C\CCCCC)CCN(CC/C=C\CCCCC)CC(=O)N(C)CCN(C)C(=O)CN(CCCCCCCCC)CCCCCCCCC. The Kier molecular flexibility index (Phi) is 45.5. The van der Waals surface area contributed by atoms with Gasteiger partial charge in [-0.3, -0.25) is 19.4 Å². The summed E-state index contributed by atoms with van der Waals surface area (Å²) in [6.07, 6.45) is 50.4. The normalized spacial score (nSPS) is 12.2. The summed E-state index contributed by atoms with van der Waals surface area (Å²) in [6.45, 7) is 20.3. The van der Waals surface area contributed by atoms with Gasteiger partial charge in [-0.05, 0) is 83.7 Å². The van der Waals surface area contributed by atoms with Crippen LogP contribution in [-0.2, 0) is 9.59 Å². The zero-order chi connectivity index (χ0) is 45.6. The zero-order valence-electron chi connectivity index (χ0n) is 42.8. The lowest BCUT2D eigenvalue weighted by atomic mass is 10.1. The molecule has 0 aromatic heterocycles. The van der Waals surface area contributed by atoms with Crippen LogP contribution in [0.3, 0.4) is 0 Å². The highest BCUT2D eigenvalue weighted by atomic mass is 16.2. The van der Waals surface area contributed by atoms with E-state index < -0.39 is 0 Å². The zero-order valence-corrected chi connectivity index (χ0v) is 42.8. The fraction of sp³-hybridized carbons (Fsp3) is 0.855. The Morgan fingerprint density at radius 2 is 0.565 bits per heavy atom. The predicted octanol–water partition coefficient (Wildman–Crippen LogP) is 13.9. The standard InChI is InChI=1S/C55H107N5O2/c1-8-13-18-23-28-33-38-43-58(44-39-34-29-24-19-14-9-2)50-51-60(47-42-37-32-27-22-17-12-5)53-55(62)57(7)49-48-56(6)54(61)52-59(45-40-35-30-25-20-15-10-3)46-41-36-31-26-21-16-11-4/h28-29,32-34,37H,8-27,30-31,35-36,38-53H2,1-7H3/b33-28-,34-29-,37-32-. The van der Waals surface area contributed by atoms with Crippen molar-refractivity contribution >= 4 is 11.8 Å². The Morgan fingerprint density at radius 1 is 0.290 bits per heavy atom. The molecule has 0 aliphatic rings. The molecule has 364 valence electrons. The summed E-state index contributed by atoms with van der Waals surface area (Å²) in [5.41, 5.74) is 0. The average molecular weight is 870 g/mol. The topological polar surface area (TPSA) is 50.3 Å². The first-order valence-corrected chi connectivity index (χ1v) is 26.9. The maximum atomic E-state index is 13.8. The van der Waals surface area contributed by atoms with E-state index in [1.807, 2.05) is 23.9 Å². The second-order valence-corrected chi connectivity index (χ2v) is 18.5. The lowest BCUT2D eigenvalue weighted by molar-refractivity contribution is -0.134. The summed E-state index contributed by atoms with van der Waals surface area (Å²) in [6, 6.07) is 0. The van der Waals surface area contributed by atoms with E-state index in [4.69, 9.17) is 0 Å². The number of carbonyl (C=O) groups excluding carboxylic acids is 2. The van der Waals surface area contributed by atoms with Crippen LogP contribution in [0.1, 0.15) is 221 Å². The summed E-state index contributed by atoms with van der Waals surface area (Å²) in [4.78, 5) is 38.5. The van der Waals surface area contributed by atoms with Gasteiger partial charge in [0.05, 0.1) is 13.1 Å². The van der Waals surface area contributed by atoms with Gasteiger partial charge in [0.1, 0.15) is 0 Å². The van der Waals surface area contributed by atoms with Gasteiger partial charge in [0.2, 0.25) is 11.8 Å². The number of carbonyl (C=O) groups is 2. The highest BCUT2D eigenvalue weighted by Gasteiger charge is 2.19. The Hall–Kier alpha value is -1.96. The van der Waals surface area contributed by atoms with Crippen molar-refractivity contribution in [1.29, 1.82) is 0 Å². The molecule has 7 nitrogen and oxygen atoms in total. The monoisotopic (exact) mass is 870 g/mol. The fourth-order valence-corrected chi connectivity index (χ4v) is 7.93. The number of nitrogens with zero attached hydrogens (tertiary/aromatic N) is 5. The Labute approximate surface area is 387 Å². The Bertz CT molecular complexity index is 1020. The lowest BCUT2D eigenvalue weighted by Crippen LogP contribution is -2.45. The number of rotatable bonds is 47. The van der Waals surface area contributed by atoms with Gasteiger partial charge in [0, 0.05) is 59.9 Å². The van der Waals surface area contributed by atoms with E-state index in [9.17, 15) is 9.59 Å². The molecule has 7 heteroatoms. The van der Waals surface area contributed by atoms with Crippen molar-refractivity contribution in [2.75, 3.05) is 86.1 Å². The van der Waals surface area contributed by atoms with Gasteiger partial charge in [-0.15, -0.1) is 0 Å². The molecule has 0 radical (unpaired) electrons. The van der Waals surface area contributed by atoms with Crippen LogP contribution in [0.2, 0.25) is 0 Å². The molecular weight excluding hydrogens is 763 g/mol. The van der Waals surface area contributed by atoms with Crippen molar-refractivity contribution in [3.63, 3.8) is 0 Å². The number of likely N-dealkylation sites (N-methyl/N-ethyl adjacent to an activating group) is 2. The maximum Gasteiger partial charge on any atom is 0.236 e. The largest absolute Gasteiger partial charge is 0.343 e. The van der Waals surface area contributed by atoms with Crippen molar-refractivity contribution in [2.45, 2.75) is 221 Å². The van der Waals surface area contributed by atoms with E-state index in [0.29, 0.717) is 26.2 Å². The van der Waals surface area contributed by atoms with Gasteiger partial charge >= 0.3 is 0 Å². The first kappa shape index (κ1) is 60.0. The molecule has 0 aromatic rings. The maximum absolute atomic E-state index is 13.8. The van der Waals surface area contributed by atoms with Crippen LogP contribution < -0.4 is 0 Å². The van der Waals surface area contributed by atoms with E-state index in [-0.39, 0.29) is 11.8 Å². The Morgan fingerprint density at radius 3 is 0.935 bits per heavy atom. The summed E-state index contributed by atoms with van der Waals surface area (Å²) in [5.74, 6) is 0.324. The first-order chi connectivity index (χ1) is 30.3. The molecule has 0 aromatic carbocycles. The Balaban J connectivity index is 5.41. The van der Waals surface area contributed by atoms with Crippen LogP contribution in [-0.4, -0.2) is 122 Å². The minimum atomic E-state index is 0.147. The molecule has 0 unspecified atom stereocenters. The number of unbranched alkanes of at least 4 members (excludes halogenated alkanes) is 21. The van der Waals surface area contributed by atoms with Gasteiger partial charge in [-0.2, -0.15) is 0 Å². The minimum absolute atomic E-state index is 0.147. The molecular formula is C55H107N5O2. The molecule has 0 heterocycles. The number of amides is 2. The summed E-state index contributed by atoms with van der Waals surface area (Å²) >= 11 is 0. The summed E-state index contributed by atoms with van der Waals surface area (Å²) in [5, 5.41) is 0. The predicted molar refractivity (Wildman–Crippen MR) is 274 cm³/mol. The van der Waals surface area contributed by atoms with Crippen molar-refractivity contribution < 1.29 is 9.59 Å². The van der Waals surface area contributed by atoms with Gasteiger partial charge < -0.3 is 14.7 Å². The molecule has 0 N–H and O–H groups in total. The lowest BCUT2D eigenvalue weighted by Gasteiger charge is -2.29. The molecule has 0 spiro atoms. The third-order valence-corrected chi connectivity index (χ3v) is 12.5. The van der Waals surface area contributed by atoms with Crippen LogP contribution in [0.15, 0.2) is 36.5 Å². The van der Waals surface area contributed by atoms with Crippen LogP contribution in [0.4, 0.5) is 0 Å². The van der Waals surface area contributed by atoms with Crippen LogP contribution in [0.25, 0.3) is 0 Å². The van der Waals surface area contributed by atoms with Gasteiger partial charge in [-0.1, -0.05) is 187 Å². The van der Waals surface area contributed by atoms with Crippen molar-refractivity contribution in [2.24, 2.45) is 0 Å². The van der Waals surface area contributed by atoms with Crippen molar-refractivity contribution in [3.05, 3.63) is 36.5 Å². The van der Waals surface area contributed by atoms with Gasteiger partial charge in [0.25, 0.3) is 0 Å². The minimum Gasteiger partial charge on any atom is -0.343 e. The van der Waals surface area contributed by atoms with Gasteiger partial charge in [0.15, 0.2) is 0 Å². The molecule has 0 rings (SSSR count). The second kappa shape index (κ2) is 47.0. The first-order valence-electron chi connectivity index (χ1n) is 26.9. The molecule has 0 bridgehead atoms. The third kappa shape index (κ3) is 39.6. The van der Waals surface area contributed by atoms with Crippen LogP contribution in [0, 0.1) is 0 Å². The smallest absolute Gasteiger partial charge is 0.236 e.